The molecule has 0 fully saturated rings. The Kier molecular flexibility index (Phi) is 7.38. The van der Waals surface area contributed by atoms with Crippen LogP contribution in [0.4, 0.5) is 4.79 Å². The summed E-state index contributed by atoms with van der Waals surface area (Å²) in [5, 5.41) is 7.20. The van der Waals surface area contributed by atoms with Crippen LogP contribution in [0.3, 0.4) is 0 Å². The Bertz CT molecular complexity index is 805. The number of rotatable bonds is 7. The number of esters is 1. The van der Waals surface area contributed by atoms with Crippen LogP contribution in [0.15, 0.2) is 47.1 Å². The molecule has 2 aromatic rings. The zero-order chi connectivity index (χ0) is 19.6. The monoisotopic (exact) mass is 393 g/mol. The normalized spacial score (nSPS) is 9.96. The first-order valence-electron chi connectivity index (χ1n) is 7.73. The van der Waals surface area contributed by atoms with E-state index in [4.69, 9.17) is 16.0 Å². The minimum atomic E-state index is -0.830. The number of urea groups is 1. The molecule has 0 saturated carbocycles. The molecule has 4 amide bonds. The Morgan fingerprint density at radius 1 is 1.04 bits per heavy atom. The van der Waals surface area contributed by atoms with Crippen molar-refractivity contribution in [3.05, 3.63) is 59.0 Å². The van der Waals surface area contributed by atoms with Crippen LogP contribution >= 0.6 is 11.6 Å². The summed E-state index contributed by atoms with van der Waals surface area (Å²) in [6, 6.07) is 8.62. The molecular weight excluding hydrogens is 378 g/mol. The highest BCUT2D eigenvalue weighted by Crippen LogP contribution is 2.09. The van der Waals surface area contributed by atoms with Crippen LogP contribution in [-0.2, 0) is 20.9 Å². The number of furan rings is 1. The number of imide groups is 1. The number of ether oxygens (including phenoxy) is 1. The van der Waals surface area contributed by atoms with Crippen molar-refractivity contribution in [1.82, 2.24) is 16.0 Å². The second kappa shape index (κ2) is 9.97. The number of nitrogens with one attached hydrogen (secondary N) is 3. The van der Waals surface area contributed by atoms with E-state index in [1.165, 1.54) is 30.5 Å². The molecule has 1 aromatic carbocycles. The van der Waals surface area contributed by atoms with Crippen molar-refractivity contribution >= 4 is 35.4 Å². The van der Waals surface area contributed by atoms with Crippen LogP contribution in [0, 0.1) is 0 Å². The van der Waals surface area contributed by atoms with E-state index in [2.05, 4.69) is 15.4 Å². The third kappa shape index (κ3) is 7.20. The van der Waals surface area contributed by atoms with Crippen LogP contribution in [0.5, 0.6) is 0 Å². The lowest BCUT2D eigenvalue weighted by Crippen LogP contribution is -2.41. The summed E-state index contributed by atoms with van der Waals surface area (Å²) in [5.74, 6) is -1.63. The molecule has 10 heteroatoms. The van der Waals surface area contributed by atoms with Crippen LogP contribution in [0.2, 0.25) is 5.02 Å². The third-order valence-corrected chi connectivity index (χ3v) is 3.37. The van der Waals surface area contributed by atoms with Crippen molar-refractivity contribution in [3.8, 4) is 0 Å². The molecule has 9 nitrogen and oxygen atoms in total. The van der Waals surface area contributed by atoms with E-state index in [1.54, 1.807) is 12.1 Å². The molecule has 0 saturated heterocycles. The van der Waals surface area contributed by atoms with E-state index in [9.17, 15) is 19.2 Å². The molecule has 0 aliphatic heterocycles. The largest absolute Gasteiger partial charge is 0.467 e. The Morgan fingerprint density at radius 3 is 2.44 bits per heavy atom. The Morgan fingerprint density at radius 2 is 1.78 bits per heavy atom. The average Bonchev–Trinajstić information content (AvgIpc) is 3.17. The number of carbonyl (C=O) groups is 4. The van der Waals surface area contributed by atoms with Gasteiger partial charge in [0.1, 0.15) is 12.3 Å². The summed E-state index contributed by atoms with van der Waals surface area (Å²) in [4.78, 5) is 46.4. The lowest BCUT2D eigenvalue weighted by molar-refractivity contribution is -0.147. The quantitative estimate of drug-likeness (QED) is 0.607. The maximum atomic E-state index is 11.8. The molecule has 1 heterocycles. The van der Waals surface area contributed by atoms with Crippen LogP contribution in [0.25, 0.3) is 0 Å². The molecule has 0 unspecified atom stereocenters. The van der Waals surface area contributed by atoms with Gasteiger partial charge in [-0.2, -0.15) is 0 Å². The SMILES string of the molecule is O=C(COC(=O)CNC(=O)c1ccc(Cl)cc1)NC(=O)NCc1ccco1. The van der Waals surface area contributed by atoms with E-state index in [0.717, 1.165) is 0 Å². The topological polar surface area (TPSA) is 127 Å². The highest BCUT2D eigenvalue weighted by Gasteiger charge is 2.13. The molecular formula is C17H16ClN3O6. The van der Waals surface area contributed by atoms with E-state index in [-0.39, 0.29) is 6.54 Å². The minimum Gasteiger partial charge on any atom is -0.467 e. The van der Waals surface area contributed by atoms with Gasteiger partial charge < -0.3 is 19.8 Å². The van der Waals surface area contributed by atoms with E-state index >= 15 is 0 Å². The van der Waals surface area contributed by atoms with Gasteiger partial charge in [0.15, 0.2) is 6.61 Å². The second-order valence-electron chi connectivity index (χ2n) is 5.16. The minimum absolute atomic E-state index is 0.0998. The maximum absolute atomic E-state index is 11.8. The van der Waals surface area contributed by atoms with Gasteiger partial charge in [-0.15, -0.1) is 0 Å². The summed E-state index contributed by atoms with van der Waals surface area (Å²) >= 11 is 5.72. The lowest BCUT2D eigenvalue weighted by Gasteiger charge is -2.07. The first-order valence-corrected chi connectivity index (χ1v) is 8.11. The fourth-order valence-corrected chi connectivity index (χ4v) is 1.97. The zero-order valence-corrected chi connectivity index (χ0v) is 14.7. The first kappa shape index (κ1) is 20.0. The zero-order valence-electron chi connectivity index (χ0n) is 14.0. The summed E-state index contributed by atoms with van der Waals surface area (Å²) in [6.45, 7) is -0.994. The van der Waals surface area contributed by atoms with Gasteiger partial charge in [0.05, 0.1) is 12.8 Å². The second-order valence-corrected chi connectivity index (χ2v) is 5.60. The Balaban J connectivity index is 1.62. The highest BCUT2D eigenvalue weighted by molar-refractivity contribution is 6.30. The summed E-state index contributed by atoms with van der Waals surface area (Å²) in [5.41, 5.74) is 0.318. The van der Waals surface area contributed by atoms with Crippen molar-refractivity contribution in [2.75, 3.05) is 13.2 Å². The molecule has 0 atom stereocenters. The van der Waals surface area contributed by atoms with E-state index < -0.39 is 37.0 Å². The number of halogens is 1. The molecule has 0 aliphatic rings. The third-order valence-electron chi connectivity index (χ3n) is 3.12. The average molecular weight is 394 g/mol. The van der Waals surface area contributed by atoms with Crippen molar-refractivity contribution < 1.29 is 28.3 Å². The van der Waals surface area contributed by atoms with Gasteiger partial charge in [0, 0.05) is 10.6 Å². The molecule has 27 heavy (non-hydrogen) atoms. The summed E-state index contributed by atoms with van der Waals surface area (Å²) in [6.07, 6.45) is 1.45. The van der Waals surface area contributed by atoms with Gasteiger partial charge in [-0.3, -0.25) is 19.7 Å². The highest BCUT2D eigenvalue weighted by atomic mass is 35.5. The van der Waals surface area contributed by atoms with Crippen molar-refractivity contribution in [2.24, 2.45) is 0 Å². The Labute approximate surface area is 159 Å². The lowest BCUT2D eigenvalue weighted by atomic mass is 10.2. The molecule has 0 bridgehead atoms. The molecule has 0 spiro atoms. The van der Waals surface area contributed by atoms with E-state index in [1.807, 2.05) is 5.32 Å². The summed E-state index contributed by atoms with van der Waals surface area (Å²) in [7, 11) is 0. The van der Waals surface area contributed by atoms with E-state index in [0.29, 0.717) is 16.3 Å². The molecule has 3 N–H and O–H groups in total. The van der Waals surface area contributed by atoms with Crippen LogP contribution < -0.4 is 16.0 Å². The maximum Gasteiger partial charge on any atom is 0.325 e. The molecule has 0 aliphatic carbocycles. The number of amides is 4. The van der Waals surface area contributed by atoms with Gasteiger partial charge in [-0.25, -0.2) is 4.79 Å². The predicted molar refractivity (Wildman–Crippen MR) is 93.8 cm³/mol. The molecule has 2 rings (SSSR count). The van der Waals surface area contributed by atoms with Crippen molar-refractivity contribution in [3.63, 3.8) is 0 Å². The number of hydrogen-bond acceptors (Lipinski definition) is 6. The van der Waals surface area contributed by atoms with Gasteiger partial charge in [0.25, 0.3) is 11.8 Å². The van der Waals surface area contributed by atoms with Gasteiger partial charge in [-0.1, -0.05) is 11.6 Å². The number of carbonyl (C=O) groups excluding carboxylic acids is 4. The van der Waals surface area contributed by atoms with Crippen molar-refractivity contribution in [1.29, 1.82) is 0 Å². The molecule has 0 radical (unpaired) electrons. The fraction of sp³-hybridized carbons (Fsp3) is 0.176. The number of hydrogen-bond donors (Lipinski definition) is 3. The van der Waals surface area contributed by atoms with Gasteiger partial charge >= 0.3 is 12.0 Å². The first-order chi connectivity index (χ1) is 12.9. The molecule has 1 aromatic heterocycles. The van der Waals surface area contributed by atoms with Crippen LogP contribution in [0.1, 0.15) is 16.1 Å². The molecule has 142 valence electrons. The standard InChI is InChI=1S/C17H16ClN3O6/c18-12-5-3-11(4-6-12)16(24)19-9-15(23)27-10-14(22)21-17(25)20-8-13-2-1-7-26-13/h1-7H,8-10H2,(H,19,24)(H2,20,21,22,25). The van der Waals surface area contributed by atoms with Gasteiger partial charge in [-0.05, 0) is 36.4 Å². The predicted octanol–water partition coefficient (Wildman–Crippen LogP) is 1.23. The van der Waals surface area contributed by atoms with Gasteiger partial charge in [0.2, 0.25) is 0 Å². The fourth-order valence-electron chi connectivity index (χ4n) is 1.84. The smallest absolute Gasteiger partial charge is 0.325 e. The Hall–Kier alpha value is -3.33. The van der Waals surface area contributed by atoms with Crippen LogP contribution in [-0.4, -0.2) is 37.0 Å². The van der Waals surface area contributed by atoms with Crippen molar-refractivity contribution in [2.45, 2.75) is 6.54 Å². The number of benzene rings is 1. The summed E-state index contributed by atoms with van der Waals surface area (Å²) < 4.78 is 9.69.